The monoisotopic (exact) mass is 472 g/mol. The topological polar surface area (TPSA) is 118 Å². The number of aromatic amines is 1. The summed E-state index contributed by atoms with van der Waals surface area (Å²) in [5.41, 5.74) is 3.90. The van der Waals surface area contributed by atoms with Crippen molar-refractivity contribution in [2.45, 2.75) is 51.1 Å². The Labute approximate surface area is 196 Å². The molecule has 1 amide bonds. The van der Waals surface area contributed by atoms with Crippen LogP contribution >= 0.6 is 11.8 Å². The number of pyridine rings is 1. The molecule has 2 aromatic heterocycles. The van der Waals surface area contributed by atoms with Crippen LogP contribution in [0.15, 0.2) is 29.6 Å². The lowest BCUT2D eigenvalue weighted by Crippen LogP contribution is -2.40. The number of nitrogens with one attached hydrogen (secondary N) is 1. The summed E-state index contributed by atoms with van der Waals surface area (Å²) in [6, 6.07) is 5.10. The van der Waals surface area contributed by atoms with E-state index in [1.807, 2.05) is 13.8 Å². The summed E-state index contributed by atoms with van der Waals surface area (Å²) in [5, 5.41) is 9.96. The molecule has 3 aromatic rings. The molecule has 33 heavy (non-hydrogen) atoms. The molecule has 0 saturated heterocycles. The molecule has 0 atom stereocenters. The number of amides is 1. The maximum atomic E-state index is 12.6. The van der Waals surface area contributed by atoms with Gasteiger partial charge in [0.2, 0.25) is 0 Å². The maximum absolute atomic E-state index is 12.6. The molecule has 9 nitrogen and oxygen atoms in total. The number of carbonyl (C=O) groups is 2. The number of anilines is 1. The third-order valence-corrected chi connectivity index (χ3v) is 5.64. The zero-order valence-electron chi connectivity index (χ0n) is 19.6. The second-order valence-electron chi connectivity index (χ2n) is 8.54. The highest BCUT2D eigenvalue weighted by Gasteiger charge is 2.25. The van der Waals surface area contributed by atoms with Gasteiger partial charge in [0.25, 0.3) is 0 Å². The van der Waals surface area contributed by atoms with Crippen LogP contribution in [0.4, 0.5) is 10.5 Å². The fraction of sp³-hybridized carbons (Fsp3) is 0.391. The normalized spacial score (nSPS) is 11.5. The highest BCUT2D eigenvalue weighted by Crippen LogP contribution is 2.30. The van der Waals surface area contributed by atoms with Crippen molar-refractivity contribution in [1.29, 1.82) is 0 Å². The van der Waals surface area contributed by atoms with Crippen LogP contribution in [0, 0.1) is 13.8 Å². The third kappa shape index (κ3) is 5.95. The molecule has 0 aliphatic rings. The number of hydrogen-bond acceptors (Lipinski definition) is 7. The lowest BCUT2D eigenvalue weighted by Gasteiger charge is -2.26. The number of methoxy groups -OCH3 is 1. The number of aromatic nitrogens is 3. The zero-order chi connectivity index (χ0) is 24.3. The largest absolute Gasteiger partial charge is 0.496 e. The van der Waals surface area contributed by atoms with Gasteiger partial charge in [-0.05, 0) is 52.8 Å². The average molecular weight is 473 g/mol. The summed E-state index contributed by atoms with van der Waals surface area (Å²) in [6.07, 6.45) is 1.06. The van der Waals surface area contributed by atoms with E-state index in [9.17, 15) is 14.7 Å². The number of carbonyl (C=O) groups excluding carboxylic acids is 1. The van der Waals surface area contributed by atoms with Crippen molar-refractivity contribution in [2.24, 2.45) is 0 Å². The molecular weight excluding hydrogens is 444 g/mol. The van der Waals surface area contributed by atoms with E-state index in [4.69, 9.17) is 9.47 Å². The lowest BCUT2D eigenvalue weighted by molar-refractivity contribution is -0.135. The van der Waals surface area contributed by atoms with Crippen molar-refractivity contribution in [3.63, 3.8) is 0 Å². The smallest absolute Gasteiger partial charge is 0.415 e. The van der Waals surface area contributed by atoms with Gasteiger partial charge >= 0.3 is 12.1 Å². The van der Waals surface area contributed by atoms with E-state index in [0.29, 0.717) is 22.1 Å². The van der Waals surface area contributed by atoms with Gasteiger partial charge in [-0.1, -0.05) is 11.8 Å². The van der Waals surface area contributed by atoms with Crippen LogP contribution in [0.2, 0.25) is 0 Å². The number of imidazole rings is 1. The van der Waals surface area contributed by atoms with E-state index in [-0.39, 0.29) is 0 Å². The molecule has 0 saturated carbocycles. The van der Waals surface area contributed by atoms with Gasteiger partial charge in [0, 0.05) is 23.1 Å². The summed E-state index contributed by atoms with van der Waals surface area (Å²) in [7, 11) is 1.65. The van der Waals surface area contributed by atoms with Crippen LogP contribution in [0.5, 0.6) is 5.75 Å². The van der Waals surface area contributed by atoms with Gasteiger partial charge in [0.1, 0.15) is 17.9 Å². The van der Waals surface area contributed by atoms with Crippen molar-refractivity contribution < 1.29 is 24.2 Å². The molecule has 176 valence electrons. The Bertz CT molecular complexity index is 1190. The molecule has 0 spiro atoms. The van der Waals surface area contributed by atoms with Crippen LogP contribution in [-0.4, -0.2) is 51.4 Å². The summed E-state index contributed by atoms with van der Waals surface area (Å²) < 4.78 is 10.8. The van der Waals surface area contributed by atoms with Crippen LogP contribution in [0.25, 0.3) is 11.0 Å². The maximum Gasteiger partial charge on any atom is 0.415 e. The van der Waals surface area contributed by atoms with Crippen LogP contribution in [-0.2, 0) is 15.3 Å². The standard InChI is InChI=1S/C23H28N4O5S/c1-13-10-24-18(14(2)20(13)31-6)12-33-21-25-16-8-7-15(9-17(16)26-21)27(11-19(28)29)22(30)32-23(3,4)5/h7-10H,11-12H2,1-6H3,(H,25,26)(H,28,29). The first-order chi connectivity index (χ1) is 15.5. The van der Waals surface area contributed by atoms with E-state index in [0.717, 1.165) is 33.0 Å². The molecule has 0 aliphatic heterocycles. The predicted molar refractivity (Wildman–Crippen MR) is 127 cm³/mol. The first-order valence-electron chi connectivity index (χ1n) is 10.3. The molecule has 0 unspecified atom stereocenters. The molecular formula is C23H28N4O5S. The second-order valence-corrected chi connectivity index (χ2v) is 9.50. The lowest BCUT2D eigenvalue weighted by atomic mass is 10.1. The summed E-state index contributed by atoms with van der Waals surface area (Å²) in [5.74, 6) is 0.282. The third-order valence-electron chi connectivity index (χ3n) is 4.76. The molecule has 2 N–H and O–H groups in total. The summed E-state index contributed by atoms with van der Waals surface area (Å²) in [6.45, 7) is 8.59. The predicted octanol–water partition coefficient (Wildman–Crippen LogP) is 4.70. The van der Waals surface area contributed by atoms with Crippen LogP contribution < -0.4 is 9.64 Å². The fourth-order valence-corrected chi connectivity index (χ4v) is 4.18. The number of H-pyrrole nitrogens is 1. The van der Waals surface area contributed by atoms with Crippen LogP contribution in [0.3, 0.4) is 0 Å². The zero-order valence-corrected chi connectivity index (χ0v) is 20.4. The number of carboxylic acids is 1. The number of ether oxygens (including phenoxy) is 2. The number of rotatable bonds is 7. The van der Waals surface area contributed by atoms with Gasteiger partial charge in [-0.2, -0.15) is 0 Å². The first kappa shape index (κ1) is 24.4. The Morgan fingerprint density at radius 1 is 1.24 bits per heavy atom. The van der Waals surface area contributed by atoms with Crippen molar-refractivity contribution in [3.8, 4) is 5.75 Å². The van der Waals surface area contributed by atoms with E-state index in [1.165, 1.54) is 11.8 Å². The van der Waals surface area contributed by atoms with Crippen molar-refractivity contribution >= 4 is 40.5 Å². The van der Waals surface area contributed by atoms with E-state index < -0.39 is 24.2 Å². The van der Waals surface area contributed by atoms with Crippen LogP contribution in [0.1, 0.15) is 37.6 Å². The molecule has 3 rings (SSSR count). The Morgan fingerprint density at radius 2 is 1.97 bits per heavy atom. The Kier molecular flexibility index (Phi) is 7.16. The van der Waals surface area contributed by atoms with E-state index in [1.54, 1.807) is 52.3 Å². The number of hydrogen-bond donors (Lipinski definition) is 2. The number of carboxylic acid groups (broad SMARTS) is 1. The average Bonchev–Trinajstić information content (AvgIpc) is 3.12. The fourth-order valence-electron chi connectivity index (χ4n) is 3.27. The van der Waals surface area contributed by atoms with Gasteiger partial charge in [0.15, 0.2) is 5.16 Å². The van der Waals surface area contributed by atoms with E-state index >= 15 is 0 Å². The number of nitrogens with zero attached hydrogens (tertiary/aromatic N) is 3. The number of aliphatic carboxylic acids is 1. The minimum absolute atomic E-state index is 0.392. The van der Waals surface area contributed by atoms with Crippen molar-refractivity contribution in [1.82, 2.24) is 15.0 Å². The van der Waals surface area contributed by atoms with Gasteiger partial charge in [-0.3, -0.25) is 14.7 Å². The molecule has 0 fully saturated rings. The number of fused-ring (bicyclic) bond motifs is 1. The molecule has 0 aliphatic carbocycles. The molecule has 2 heterocycles. The molecule has 0 radical (unpaired) electrons. The first-order valence-corrected chi connectivity index (χ1v) is 11.3. The van der Waals surface area contributed by atoms with Gasteiger partial charge in [-0.15, -0.1) is 0 Å². The number of benzene rings is 1. The Balaban J connectivity index is 1.83. The summed E-state index contributed by atoms with van der Waals surface area (Å²) in [4.78, 5) is 37.4. The van der Waals surface area contributed by atoms with Crippen molar-refractivity contribution in [3.05, 3.63) is 41.2 Å². The highest BCUT2D eigenvalue weighted by molar-refractivity contribution is 7.98. The number of aryl methyl sites for hydroxylation is 1. The summed E-state index contributed by atoms with van der Waals surface area (Å²) >= 11 is 1.49. The molecule has 1 aromatic carbocycles. The Hall–Kier alpha value is -3.27. The van der Waals surface area contributed by atoms with Gasteiger partial charge < -0.3 is 19.6 Å². The highest BCUT2D eigenvalue weighted by atomic mass is 32.2. The molecule has 10 heteroatoms. The molecule has 0 bridgehead atoms. The minimum atomic E-state index is -1.14. The van der Waals surface area contributed by atoms with Crippen molar-refractivity contribution in [2.75, 3.05) is 18.6 Å². The number of thioether (sulfide) groups is 1. The van der Waals surface area contributed by atoms with Gasteiger partial charge in [0.05, 0.1) is 29.5 Å². The SMILES string of the molecule is COc1c(C)cnc(CSc2nc3cc(N(CC(=O)O)C(=O)OC(C)(C)C)ccc3[nH]2)c1C. The van der Waals surface area contributed by atoms with E-state index in [2.05, 4.69) is 15.0 Å². The van der Waals surface area contributed by atoms with Gasteiger partial charge in [-0.25, -0.2) is 9.78 Å². The quantitative estimate of drug-likeness (QED) is 0.475. The second kappa shape index (κ2) is 9.70. The Morgan fingerprint density at radius 3 is 2.61 bits per heavy atom. The minimum Gasteiger partial charge on any atom is -0.496 e.